The van der Waals surface area contributed by atoms with Gasteiger partial charge >= 0.3 is 0 Å². The van der Waals surface area contributed by atoms with Gasteiger partial charge in [0.15, 0.2) is 0 Å². The molecule has 0 unspecified atom stereocenters. The molecular formula is C17H17FS. The summed E-state index contributed by atoms with van der Waals surface area (Å²) in [5.41, 5.74) is 3.86. The quantitative estimate of drug-likeness (QED) is 0.709. The van der Waals surface area contributed by atoms with Gasteiger partial charge in [0, 0.05) is 16.6 Å². The summed E-state index contributed by atoms with van der Waals surface area (Å²) < 4.78 is 13.5. The number of rotatable bonds is 2. The fourth-order valence-corrected chi connectivity index (χ4v) is 3.97. The van der Waals surface area contributed by atoms with E-state index in [1.54, 1.807) is 12.1 Å². The third kappa shape index (κ3) is 2.42. The van der Waals surface area contributed by atoms with Crippen LogP contribution in [0.1, 0.15) is 42.4 Å². The van der Waals surface area contributed by atoms with Gasteiger partial charge in [-0.2, -0.15) is 0 Å². The first kappa shape index (κ1) is 12.7. The molecule has 0 aliphatic carbocycles. The minimum atomic E-state index is -0.124. The zero-order valence-electron chi connectivity index (χ0n) is 11.0. The molecule has 1 atom stereocenters. The fourth-order valence-electron chi connectivity index (χ4n) is 2.86. The summed E-state index contributed by atoms with van der Waals surface area (Å²) >= 11 is 1.82. The molecule has 0 radical (unpaired) electrons. The minimum Gasteiger partial charge on any atom is -0.207 e. The van der Waals surface area contributed by atoms with E-state index in [0.717, 1.165) is 24.2 Å². The van der Waals surface area contributed by atoms with E-state index in [1.807, 2.05) is 17.8 Å². The molecule has 1 heterocycles. The Bertz CT molecular complexity index is 592. The van der Waals surface area contributed by atoms with E-state index in [4.69, 9.17) is 0 Å². The molecule has 2 aromatic rings. The van der Waals surface area contributed by atoms with Crippen LogP contribution in [0.2, 0.25) is 0 Å². The molecule has 1 aliphatic heterocycles. The van der Waals surface area contributed by atoms with Gasteiger partial charge in [0.05, 0.1) is 0 Å². The van der Waals surface area contributed by atoms with Gasteiger partial charge in [-0.25, -0.2) is 4.39 Å². The Hall–Kier alpha value is -1.28. The van der Waals surface area contributed by atoms with Crippen molar-refractivity contribution in [2.24, 2.45) is 0 Å². The fraction of sp³-hybridized carbons (Fsp3) is 0.294. The van der Waals surface area contributed by atoms with Crippen LogP contribution in [0.3, 0.4) is 0 Å². The maximum absolute atomic E-state index is 13.5. The van der Waals surface area contributed by atoms with Crippen molar-refractivity contribution < 1.29 is 4.39 Å². The lowest BCUT2D eigenvalue weighted by atomic mass is 9.85. The highest BCUT2D eigenvalue weighted by atomic mass is 32.2. The molecule has 0 amide bonds. The molecule has 0 N–H and O–H groups in total. The minimum absolute atomic E-state index is 0.124. The number of halogens is 1. The normalized spacial score (nSPS) is 17.5. The second kappa shape index (κ2) is 5.38. The summed E-state index contributed by atoms with van der Waals surface area (Å²) in [5.74, 6) is 1.15. The van der Waals surface area contributed by atoms with E-state index in [1.165, 1.54) is 16.0 Å². The molecule has 1 aliphatic rings. The Labute approximate surface area is 118 Å². The Balaban J connectivity index is 2.15. The molecule has 0 fully saturated rings. The zero-order chi connectivity index (χ0) is 13.2. The van der Waals surface area contributed by atoms with E-state index in [2.05, 4.69) is 31.2 Å². The lowest BCUT2D eigenvalue weighted by molar-refractivity contribution is 0.622. The molecule has 2 aromatic carbocycles. The maximum Gasteiger partial charge on any atom is 0.123 e. The summed E-state index contributed by atoms with van der Waals surface area (Å²) in [6.45, 7) is 2.21. The summed E-state index contributed by atoms with van der Waals surface area (Å²) in [5, 5.41) is 0. The highest BCUT2D eigenvalue weighted by Crippen LogP contribution is 2.42. The highest BCUT2D eigenvalue weighted by Gasteiger charge is 2.23. The van der Waals surface area contributed by atoms with E-state index in [9.17, 15) is 4.39 Å². The third-order valence-electron chi connectivity index (χ3n) is 3.74. The summed E-state index contributed by atoms with van der Waals surface area (Å²) in [4.78, 5) is 1.34. The van der Waals surface area contributed by atoms with Gasteiger partial charge in [0.2, 0.25) is 0 Å². The van der Waals surface area contributed by atoms with Crippen LogP contribution in [0.25, 0.3) is 0 Å². The monoisotopic (exact) mass is 272 g/mol. The summed E-state index contributed by atoms with van der Waals surface area (Å²) in [6.07, 6.45) is 2.26. The first-order valence-electron chi connectivity index (χ1n) is 6.79. The van der Waals surface area contributed by atoms with Crippen molar-refractivity contribution >= 4 is 11.8 Å². The van der Waals surface area contributed by atoms with Gasteiger partial charge < -0.3 is 0 Å². The number of hydrogen-bond acceptors (Lipinski definition) is 1. The first-order valence-corrected chi connectivity index (χ1v) is 7.78. The molecule has 2 heteroatoms. The van der Waals surface area contributed by atoms with Crippen LogP contribution < -0.4 is 0 Å². The molecule has 0 nitrogen and oxygen atoms in total. The standard InChI is InChI=1S/C17H17FS/c1-2-5-15-14-9-8-13(18)10-12(14)11-19-17-7-4-3-6-16(15)17/h3-4,6-10,15H,2,5,11H2,1H3/t15-/m0/s1. The number of fused-ring (bicyclic) bond motifs is 2. The van der Waals surface area contributed by atoms with Crippen molar-refractivity contribution in [3.05, 3.63) is 65.0 Å². The number of hydrogen-bond donors (Lipinski definition) is 0. The van der Waals surface area contributed by atoms with Gasteiger partial charge in [-0.15, -0.1) is 11.8 Å². The second-order valence-electron chi connectivity index (χ2n) is 5.01. The molecule has 3 rings (SSSR count). The van der Waals surface area contributed by atoms with Crippen LogP contribution in [0.15, 0.2) is 47.4 Å². The van der Waals surface area contributed by atoms with E-state index in [-0.39, 0.29) is 5.82 Å². The molecular weight excluding hydrogens is 255 g/mol. The van der Waals surface area contributed by atoms with Gasteiger partial charge in [0.25, 0.3) is 0 Å². The average Bonchev–Trinajstić information content (AvgIpc) is 2.57. The van der Waals surface area contributed by atoms with Crippen molar-refractivity contribution in [1.82, 2.24) is 0 Å². The largest absolute Gasteiger partial charge is 0.207 e. The van der Waals surface area contributed by atoms with Crippen LogP contribution in [0.4, 0.5) is 4.39 Å². The predicted octanol–water partition coefficient (Wildman–Crippen LogP) is 5.36. The molecule has 0 saturated heterocycles. The van der Waals surface area contributed by atoms with E-state index in [0.29, 0.717) is 5.92 Å². The summed E-state index contributed by atoms with van der Waals surface area (Å²) in [6, 6.07) is 13.9. The Morgan fingerprint density at radius 2 is 2.00 bits per heavy atom. The molecule has 0 aromatic heterocycles. The van der Waals surface area contributed by atoms with Gasteiger partial charge in [-0.1, -0.05) is 37.6 Å². The van der Waals surface area contributed by atoms with Crippen LogP contribution in [0, 0.1) is 5.82 Å². The average molecular weight is 272 g/mol. The topological polar surface area (TPSA) is 0 Å². The molecule has 0 spiro atoms. The van der Waals surface area contributed by atoms with Crippen molar-refractivity contribution in [3.63, 3.8) is 0 Å². The SMILES string of the molecule is CCC[C@H]1c2ccc(F)cc2CSc2ccccc21. The van der Waals surface area contributed by atoms with Gasteiger partial charge in [-0.3, -0.25) is 0 Å². The van der Waals surface area contributed by atoms with Crippen molar-refractivity contribution in [3.8, 4) is 0 Å². The molecule has 19 heavy (non-hydrogen) atoms. The van der Waals surface area contributed by atoms with Crippen LogP contribution >= 0.6 is 11.8 Å². The van der Waals surface area contributed by atoms with Gasteiger partial charge in [0.1, 0.15) is 5.82 Å². The van der Waals surface area contributed by atoms with Gasteiger partial charge in [-0.05, 0) is 41.3 Å². The highest BCUT2D eigenvalue weighted by molar-refractivity contribution is 7.98. The molecule has 98 valence electrons. The Morgan fingerprint density at radius 3 is 2.84 bits per heavy atom. The van der Waals surface area contributed by atoms with Crippen LogP contribution in [-0.2, 0) is 5.75 Å². The van der Waals surface area contributed by atoms with Crippen LogP contribution in [-0.4, -0.2) is 0 Å². The van der Waals surface area contributed by atoms with Crippen molar-refractivity contribution in [2.75, 3.05) is 0 Å². The lowest BCUT2D eigenvalue weighted by Crippen LogP contribution is -2.03. The van der Waals surface area contributed by atoms with Crippen molar-refractivity contribution in [1.29, 1.82) is 0 Å². The lowest BCUT2D eigenvalue weighted by Gasteiger charge is -2.19. The van der Waals surface area contributed by atoms with Crippen LogP contribution in [0.5, 0.6) is 0 Å². The molecule has 0 saturated carbocycles. The predicted molar refractivity (Wildman–Crippen MR) is 79.2 cm³/mol. The Morgan fingerprint density at radius 1 is 1.16 bits per heavy atom. The maximum atomic E-state index is 13.5. The zero-order valence-corrected chi connectivity index (χ0v) is 11.8. The summed E-state index contributed by atoms with van der Waals surface area (Å²) in [7, 11) is 0. The van der Waals surface area contributed by atoms with E-state index >= 15 is 0 Å². The Kier molecular flexibility index (Phi) is 3.61. The number of thioether (sulfide) groups is 1. The third-order valence-corrected chi connectivity index (χ3v) is 4.87. The smallest absolute Gasteiger partial charge is 0.123 e. The second-order valence-corrected chi connectivity index (χ2v) is 6.03. The molecule has 0 bridgehead atoms. The van der Waals surface area contributed by atoms with Crippen molar-refractivity contribution in [2.45, 2.75) is 36.3 Å². The first-order chi connectivity index (χ1) is 9.29. The van der Waals surface area contributed by atoms with E-state index < -0.39 is 0 Å². The number of benzene rings is 2.